The first-order chi connectivity index (χ1) is 12.6. The maximum atomic E-state index is 13.6. The number of imidazole rings is 1. The van der Waals surface area contributed by atoms with E-state index in [2.05, 4.69) is 9.97 Å². The lowest BCUT2D eigenvalue weighted by Crippen LogP contribution is -2.07. The summed E-state index contributed by atoms with van der Waals surface area (Å²) in [5.74, 6) is -1.57. The molecule has 0 fully saturated rings. The van der Waals surface area contributed by atoms with Crippen molar-refractivity contribution in [2.45, 2.75) is 10.9 Å². The molecule has 10 heteroatoms. The number of hydrogen-bond acceptors (Lipinski definition) is 3. The van der Waals surface area contributed by atoms with Gasteiger partial charge in [0.2, 0.25) is 0 Å². The minimum absolute atomic E-state index is 0.0375. The standard InChI is InChI=1S/C17H11Cl2F2IN2O2S/c1-27(25,26)17-15(22)23-16(24-17)14(8-2-4-12(20)10(18)6-8)9-3-5-13(21)11(19)7-9/h2-7,14H,1H3,(H,23,24). The van der Waals surface area contributed by atoms with E-state index in [1.54, 1.807) is 0 Å². The maximum Gasteiger partial charge on any atom is 0.193 e. The maximum absolute atomic E-state index is 13.6. The third-order valence-electron chi connectivity index (χ3n) is 3.85. The summed E-state index contributed by atoms with van der Waals surface area (Å²) in [5, 5.41) is -0.241. The van der Waals surface area contributed by atoms with E-state index in [1.807, 2.05) is 22.6 Å². The summed E-state index contributed by atoms with van der Waals surface area (Å²) in [5.41, 5.74) is 1.07. The fraction of sp³-hybridized carbons (Fsp3) is 0.118. The Bertz CT molecular complexity index is 1080. The molecule has 2 aromatic carbocycles. The van der Waals surface area contributed by atoms with Crippen molar-refractivity contribution in [2.24, 2.45) is 0 Å². The second-order valence-electron chi connectivity index (χ2n) is 5.79. The predicted molar refractivity (Wildman–Crippen MR) is 108 cm³/mol. The number of nitrogens with one attached hydrogen (secondary N) is 1. The first kappa shape index (κ1) is 20.5. The molecule has 0 unspecified atom stereocenters. The van der Waals surface area contributed by atoms with E-state index in [9.17, 15) is 17.2 Å². The van der Waals surface area contributed by atoms with Gasteiger partial charge in [-0.2, -0.15) is 0 Å². The van der Waals surface area contributed by atoms with Crippen LogP contribution in [0.4, 0.5) is 8.78 Å². The summed E-state index contributed by atoms with van der Waals surface area (Å²) in [6.45, 7) is 0. The molecule has 3 rings (SSSR count). The summed E-state index contributed by atoms with van der Waals surface area (Å²) in [7, 11) is -3.54. The number of sulfone groups is 1. The van der Waals surface area contributed by atoms with Gasteiger partial charge in [-0.3, -0.25) is 0 Å². The molecule has 0 radical (unpaired) electrons. The third kappa shape index (κ3) is 4.28. The van der Waals surface area contributed by atoms with Gasteiger partial charge in [-0.15, -0.1) is 0 Å². The Balaban J connectivity index is 2.24. The smallest absolute Gasteiger partial charge is 0.193 e. The number of aromatic nitrogens is 2. The molecule has 0 saturated heterocycles. The lowest BCUT2D eigenvalue weighted by atomic mass is 9.90. The van der Waals surface area contributed by atoms with Crippen LogP contribution in [0.3, 0.4) is 0 Å². The number of hydrogen-bond donors (Lipinski definition) is 1. The van der Waals surface area contributed by atoms with Crippen molar-refractivity contribution in [1.82, 2.24) is 9.97 Å². The molecule has 27 heavy (non-hydrogen) atoms. The normalized spacial score (nSPS) is 12.0. The number of aromatic amines is 1. The van der Waals surface area contributed by atoms with Gasteiger partial charge in [-0.25, -0.2) is 22.2 Å². The molecule has 1 aromatic heterocycles. The molecule has 142 valence electrons. The summed E-state index contributed by atoms with van der Waals surface area (Å²) < 4.78 is 51.4. The summed E-state index contributed by atoms with van der Waals surface area (Å²) >= 11 is 13.6. The van der Waals surface area contributed by atoms with E-state index in [0.717, 1.165) is 6.26 Å². The molecule has 1 heterocycles. The molecule has 0 aliphatic rings. The van der Waals surface area contributed by atoms with Gasteiger partial charge >= 0.3 is 0 Å². The molecule has 0 spiro atoms. The SMILES string of the molecule is CS(=O)(=O)c1[nH]c(C(c2ccc(F)c(Cl)c2)c2ccc(F)c(Cl)c2)nc1I. The molecule has 3 aromatic rings. The van der Waals surface area contributed by atoms with Gasteiger partial charge in [0, 0.05) is 6.26 Å². The van der Waals surface area contributed by atoms with E-state index < -0.39 is 27.4 Å². The Labute approximate surface area is 178 Å². The average molecular weight is 543 g/mol. The van der Waals surface area contributed by atoms with E-state index in [1.165, 1.54) is 36.4 Å². The molecule has 0 aliphatic heterocycles. The molecule has 1 N–H and O–H groups in total. The van der Waals surface area contributed by atoms with Gasteiger partial charge in [0.1, 0.15) is 21.2 Å². The Morgan fingerprint density at radius 2 is 1.52 bits per heavy atom. The van der Waals surface area contributed by atoms with Crippen LogP contribution in [0.5, 0.6) is 0 Å². The number of benzene rings is 2. The molecule has 0 aliphatic carbocycles. The fourth-order valence-corrected chi connectivity index (χ4v) is 5.24. The first-order valence-corrected chi connectivity index (χ1v) is 11.2. The Morgan fingerprint density at radius 3 is 1.89 bits per heavy atom. The number of H-pyrrole nitrogens is 1. The van der Waals surface area contributed by atoms with Crippen LogP contribution in [0.25, 0.3) is 0 Å². The van der Waals surface area contributed by atoms with E-state index >= 15 is 0 Å². The van der Waals surface area contributed by atoms with Crippen LogP contribution < -0.4 is 0 Å². The largest absolute Gasteiger partial charge is 0.331 e. The van der Waals surface area contributed by atoms with Gasteiger partial charge in [0.15, 0.2) is 14.9 Å². The number of rotatable bonds is 4. The highest BCUT2D eigenvalue weighted by Crippen LogP contribution is 2.35. The van der Waals surface area contributed by atoms with Crippen molar-refractivity contribution >= 4 is 55.6 Å². The molecule has 0 saturated carbocycles. The van der Waals surface area contributed by atoms with E-state index in [4.69, 9.17) is 23.2 Å². The second-order valence-corrected chi connectivity index (χ2v) is 9.58. The van der Waals surface area contributed by atoms with Crippen molar-refractivity contribution in [3.05, 3.63) is 78.7 Å². The Kier molecular flexibility index (Phi) is 5.81. The molecular formula is C17H11Cl2F2IN2O2S. The fourth-order valence-electron chi connectivity index (χ4n) is 2.63. The zero-order valence-electron chi connectivity index (χ0n) is 13.6. The van der Waals surface area contributed by atoms with Gasteiger partial charge in [0.05, 0.1) is 16.0 Å². The van der Waals surface area contributed by atoms with Crippen LogP contribution in [-0.2, 0) is 9.84 Å². The lowest BCUT2D eigenvalue weighted by molar-refractivity contribution is 0.598. The van der Waals surface area contributed by atoms with Crippen LogP contribution in [0.15, 0.2) is 41.4 Å². The third-order valence-corrected chi connectivity index (χ3v) is 6.61. The van der Waals surface area contributed by atoms with Gasteiger partial charge in [0.25, 0.3) is 0 Å². The molecular weight excluding hydrogens is 532 g/mol. The highest BCUT2D eigenvalue weighted by Gasteiger charge is 2.26. The zero-order valence-corrected chi connectivity index (χ0v) is 18.1. The second kappa shape index (κ2) is 7.65. The summed E-state index contributed by atoms with van der Waals surface area (Å²) in [6.07, 6.45) is 1.06. The van der Waals surface area contributed by atoms with Crippen LogP contribution in [-0.4, -0.2) is 24.6 Å². The van der Waals surface area contributed by atoms with Crippen LogP contribution >= 0.6 is 45.8 Å². The molecule has 0 atom stereocenters. The minimum atomic E-state index is -3.54. The first-order valence-electron chi connectivity index (χ1n) is 7.43. The lowest BCUT2D eigenvalue weighted by Gasteiger charge is -2.17. The molecule has 4 nitrogen and oxygen atoms in total. The number of nitrogens with zero attached hydrogens (tertiary/aromatic N) is 1. The average Bonchev–Trinajstić information content (AvgIpc) is 2.96. The Hall–Kier alpha value is -1.23. The summed E-state index contributed by atoms with van der Waals surface area (Å²) in [4.78, 5) is 7.12. The highest BCUT2D eigenvalue weighted by atomic mass is 127. The van der Waals surface area contributed by atoms with Gasteiger partial charge in [-0.05, 0) is 58.0 Å². The van der Waals surface area contributed by atoms with Crippen LogP contribution in [0.1, 0.15) is 22.9 Å². The predicted octanol–water partition coefficient (Wildman–Crippen LogP) is 5.18. The monoisotopic (exact) mass is 542 g/mol. The van der Waals surface area contributed by atoms with Crippen molar-refractivity contribution in [2.75, 3.05) is 6.26 Å². The number of halogens is 5. The zero-order chi connectivity index (χ0) is 19.9. The molecule has 0 bridgehead atoms. The van der Waals surface area contributed by atoms with E-state index in [0.29, 0.717) is 11.1 Å². The minimum Gasteiger partial charge on any atom is -0.331 e. The van der Waals surface area contributed by atoms with Crippen molar-refractivity contribution in [3.8, 4) is 0 Å². The van der Waals surface area contributed by atoms with Gasteiger partial charge < -0.3 is 4.98 Å². The van der Waals surface area contributed by atoms with Crippen molar-refractivity contribution in [3.63, 3.8) is 0 Å². The Morgan fingerprint density at radius 1 is 1.04 bits per heavy atom. The van der Waals surface area contributed by atoms with Gasteiger partial charge in [-0.1, -0.05) is 35.3 Å². The van der Waals surface area contributed by atoms with Crippen molar-refractivity contribution < 1.29 is 17.2 Å². The van der Waals surface area contributed by atoms with Crippen LogP contribution in [0.2, 0.25) is 10.0 Å². The quantitative estimate of drug-likeness (QED) is 0.462. The molecule has 0 amide bonds. The van der Waals surface area contributed by atoms with Crippen LogP contribution in [0, 0.1) is 15.3 Å². The van der Waals surface area contributed by atoms with E-state index in [-0.39, 0.29) is 24.6 Å². The highest BCUT2D eigenvalue weighted by molar-refractivity contribution is 14.1. The topological polar surface area (TPSA) is 62.8 Å². The van der Waals surface area contributed by atoms with Crippen molar-refractivity contribution in [1.29, 1.82) is 0 Å². The summed E-state index contributed by atoms with van der Waals surface area (Å²) in [6, 6.07) is 8.21.